The fourth-order valence-electron chi connectivity index (χ4n) is 1.20. The third-order valence-electron chi connectivity index (χ3n) is 1.92. The molecule has 1 rings (SSSR count). The van der Waals surface area contributed by atoms with Crippen LogP contribution < -0.4 is 5.73 Å². The average molecular weight is 221 g/mol. The normalized spacial score (nSPS) is 13.9. The number of hydrogen-bond acceptors (Lipinski definition) is 3. The molecule has 4 N–H and O–H groups in total. The van der Waals surface area contributed by atoms with Gasteiger partial charge in [-0.05, 0) is 19.1 Å². The molecule has 84 valence electrons. The fraction of sp³-hybridized carbons (Fsp3) is 0.333. The molecule has 15 heavy (non-hydrogen) atoms. The van der Waals surface area contributed by atoms with Gasteiger partial charge in [0.15, 0.2) is 0 Å². The smallest absolute Gasteiger partial charge is 0.420 e. The Labute approximate surface area is 84.0 Å². The van der Waals surface area contributed by atoms with E-state index in [1.807, 2.05) is 0 Å². The van der Waals surface area contributed by atoms with Gasteiger partial charge in [-0.1, -0.05) is 0 Å². The average Bonchev–Trinajstić information content (AvgIpc) is 2.06. The van der Waals surface area contributed by atoms with Crippen molar-refractivity contribution in [3.05, 3.63) is 23.3 Å². The standard InChI is InChI=1S/C9H10F3NO2/c1-4(13)6-2-5(14)3-7(8(6)15)9(10,11)12/h2-4,14-15H,13H2,1H3. The first kappa shape index (κ1) is 11.6. The van der Waals surface area contributed by atoms with Crippen LogP contribution in [-0.2, 0) is 6.18 Å². The first-order valence-corrected chi connectivity index (χ1v) is 4.12. The molecular weight excluding hydrogens is 211 g/mol. The minimum absolute atomic E-state index is 0.137. The van der Waals surface area contributed by atoms with Crippen LogP contribution in [0.3, 0.4) is 0 Å². The number of phenolic OH excluding ortho intramolecular Hbond substituents is 2. The van der Waals surface area contributed by atoms with Gasteiger partial charge in [0.25, 0.3) is 0 Å². The molecule has 1 atom stereocenters. The second kappa shape index (κ2) is 3.62. The van der Waals surface area contributed by atoms with E-state index >= 15 is 0 Å². The Balaban J connectivity index is 3.42. The predicted octanol–water partition coefficient (Wildman–Crippen LogP) is 2.14. The van der Waals surface area contributed by atoms with Crippen molar-refractivity contribution in [2.45, 2.75) is 19.1 Å². The Morgan fingerprint density at radius 3 is 2.20 bits per heavy atom. The van der Waals surface area contributed by atoms with Gasteiger partial charge in [-0.15, -0.1) is 0 Å². The molecule has 0 heterocycles. The lowest BCUT2D eigenvalue weighted by atomic mass is 10.0. The van der Waals surface area contributed by atoms with Crippen molar-refractivity contribution in [2.24, 2.45) is 5.73 Å². The summed E-state index contributed by atoms with van der Waals surface area (Å²) in [7, 11) is 0. The summed E-state index contributed by atoms with van der Waals surface area (Å²) in [6.07, 6.45) is -4.72. The highest BCUT2D eigenvalue weighted by Gasteiger charge is 2.35. The number of halogens is 3. The van der Waals surface area contributed by atoms with Crippen molar-refractivity contribution < 1.29 is 23.4 Å². The van der Waals surface area contributed by atoms with E-state index in [4.69, 9.17) is 10.8 Å². The third-order valence-corrected chi connectivity index (χ3v) is 1.92. The van der Waals surface area contributed by atoms with E-state index in [9.17, 15) is 18.3 Å². The molecule has 6 heteroatoms. The minimum Gasteiger partial charge on any atom is -0.508 e. The molecule has 0 aliphatic heterocycles. The highest BCUT2D eigenvalue weighted by molar-refractivity contribution is 5.48. The van der Waals surface area contributed by atoms with E-state index in [1.165, 1.54) is 6.92 Å². The first-order valence-electron chi connectivity index (χ1n) is 4.12. The van der Waals surface area contributed by atoms with E-state index in [1.54, 1.807) is 0 Å². The number of alkyl halides is 3. The maximum atomic E-state index is 12.4. The lowest BCUT2D eigenvalue weighted by Crippen LogP contribution is -2.10. The molecule has 0 amide bonds. The summed E-state index contributed by atoms with van der Waals surface area (Å²) < 4.78 is 37.1. The molecule has 0 fully saturated rings. The van der Waals surface area contributed by atoms with Crippen molar-refractivity contribution in [1.29, 1.82) is 0 Å². The minimum atomic E-state index is -4.72. The largest absolute Gasteiger partial charge is 0.508 e. The molecule has 0 aromatic heterocycles. The Morgan fingerprint density at radius 2 is 1.80 bits per heavy atom. The second-order valence-corrected chi connectivity index (χ2v) is 3.22. The van der Waals surface area contributed by atoms with Gasteiger partial charge in [0.1, 0.15) is 17.1 Å². The Bertz CT molecular complexity index is 374. The molecule has 0 saturated carbocycles. The van der Waals surface area contributed by atoms with E-state index in [-0.39, 0.29) is 5.56 Å². The molecule has 0 aliphatic carbocycles. The molecule has 0 saturated heterocycles. The zero-order valence-electron chi connectivity index (χ0n) is 7.84. The zero-order chi connectivity index (χ0) is 11.8. The Morgan fingerprint density at radius 1 is 1.27 bits per heavy atom. The maximum absolute atomic E-state index is 12.4. The number of phenols is 2. The summed E-state index contributed by atoms with van der Waals surface area (Å²) in [5.41, 5.74) is 3.94. The van der Waals surface area contributed by atoms with Crippen molar-refractivity contribution in [2.75, 3.05) is 0 Å². The van der Waals surface area contributed by atoms with Gasteiger partial charge < -0.3 is 15.9 Å². The fourth-order valence-corrected chi connectivity index (χ4v) is 1.20. The molecule has 0 aliphatic rings. The van der Waals surface area contributed by atoms with Crippen LogP contribution in [0.4, 0.5) is 13.2 Å². The molecule has 1 unspecified atom stereocenters. The van der Waals surface area contributed by atoms with E-state index in [0.717, 1.165) is 6.07 Å². The second-order valence-electron chi connectivity index (χ2n) is 3.22. The SMILES string of the molecule is CC(N)c1cc(O)cc(C(F)(F)F)c1O. The van der Waals surface area contributed by atoms with E-state index < -0.39 is 29.3 Å². The molecule has 1 aromatic carbocycles. The third kappa shape index (κ3) is 2.33. The van der Waals surface area contributed by atoms with E-state index in [0.29, 0.717) is 6.07 Å². The van der Waals surface area contributed by atoms with Gasteiger partial charge in [0, 0.05) is 11.6 Å². The van der Waals surface area contributed by atoms with Crippen LogP contribution in [0, 0.1) is 0 Å². The highest BCUT2D eigenvalue weighted by Crippen LogP contribution is 2.41. The highest BCUT2D eigenvalue weighted by atomic mass is 19.4. The first-order chi connectivity index (χ1) is 6.73. The van der Waals surface area contributed by atoms with Crippen LogP contribution in [0.2, 0.25) is 0 Å². The lowest BCUT2D eigenvalue weighted by Gasteiger charge is -2.15. The van der Waals surface area contributed by atoms with Gasteiger partial charge in [-0.25, -0.2) is 0 Å². The van der Waals surface area contributed by atoms with Crippen LogP contribution in [-0.4, -0.2) is 10.2 Å². The van der Waals surface area contributed by atoms with E-state index in [2.05, 4.69) is 0 Å². The summed E-state index contributed by atoms with van der Waals surface area (Å²) in [6.45, 7) is 1.41. The van der Waals surface area contributed by atoms with Crippen LogP contribution in [0.15, 0.2) is 12.1 Å². The van der Waals surface area contributed by atoms with Crippen LogP contribution in [0.25, 0.3) is 0 Å². The molecule has 0 radical (unpaired) electrons. The Kier molecular flexibility index (Phi) is 2.81. The summed E-state index contributed by atoms with van der Waals surface area (Å²) in [5, 5.41) is 18.4. The van der Waals surface area contributed by atoms with Crippen molar-refractivity contribution in [3.63, 3.8) is 0 Å². The topological polar surface area (TPSA) is 66.5 Å². The molecule has 0 spiro atoms. The quantitative estimate of drug-likeness (QED) is 0.636. The molecule has 3 nitrogen and oxygen atoms in total. The number of benzene rings is 1. The molecule has 0 bridgehead atoms. The monoisotopic (exact) mass is 221 g/mol. The lowest BCUT2D eigenvalue weighted by molar-refractivity contribution is -0.138. The van der Waals surface area contributed by atoms with Gasteiger partial charge >= 0.3 is 6.18 Å². The number of rotatable bonds is 1. The number of aromatic hydroxyl groups is 2. The zero-order valence-corrected chi connectivity index (χ0v) is 7.84. The van der Waals surface area contributed by atoms with Crippen molar-refractivity contribution >= 4 is 0 Å². The number of hydrogen-bond donors (Lipinski definition) is 3. The van der Waals surface area contributed by atoms with Gasteiger partial charge in [-0.3, -0.25) is 0 Å². The molecule has 1 aromatic rings. The summed E-state index contributed by atoms with van der Waals surface area (Å²) in [4.78, 5) is 0. The predicted molar refractivity (Wildman–Crippen MR) is 47.4 cm³/mol. The summed E-state index contributed by atoms with van der Waals surface area (Å²) in [6, 6.07) is 0.675. The summed E-state index contributed by atoms with van der Waals surface area (Å²) in [5.74, 6) is -1.51. The number of nitrogens with two attached hydrogens (primary N) is 1. The van der Waals surface area contributed by atoms with Crippen LogP contribution in [0.1, 0.15) is 24.1 Å². The maximum Gasteiger partial charge on any atom is 0.420 e. The van der Waals surface area contributed by atoms with Crippen molar-refractivity contribution in [1.82, 2.24) is 0 Å². The van der Waals surface area contributed by atoms with Crippen LogP contribution >= 0.6 is 0 Å². The van der Waals surface area contributed by atoms with Gasteiger partial charge in [0.05, 0.1) is 0 Å². The van der Waals surface area contributed by atoms with Crippen molar-refractivity contribution in [3.8, 4) is 11.5 Å². The van der Waals surface area contributed by atoms with Gasteiger partial charge in [-0.2, -0.15) is 13.2 Å². The molecular formula is C9H10F3NO2. The Hall–Kier alpha value is -1.43. The summed E-state index contributed by atoms with van der Waals surface area (Å²) >= 11 is 0. The van der Waals surface area contributed by atoms with Crippen LogP contribution in [0.5, 0.6) is 11.5 Å². The van der Waals surface area contributed by atoms with Gasteiger partial charge in [0.2, 0.25) is 0 Å².